The molecule has 2 aromatic heterocycles. The Morgan fingerprint density at radius 3 is 2.92 bits per heavy atom. The van der Waals surface area contributed by atoms with Crippen molar-refractivity contribution in [2.45, 2.75) is 26.4 Å². The number of nitrogens with one attached hydrogen (secondary N) is 2. The fraction of sp³-hybridized carbons (Fsp3) is 0.312. The molecule has 0 spiro atoms. The number of ether oxygens (including phenoxy) is 1. The molecule has 126 valence electrons. The number of fused-ring (bicyclic) bond motifs is 1. The van der Waals surface area contributed by atoms with Crippen LogP contribution in [0.4, 0.5) is 4.79 Å². The summed E-state index contributed by atoms with van der Waals surface area (Å²) in [6, 6.07) is 2.51. The standard InChI is InChI=1S/C16H17N3O4S/c1-3-23-15(21)13-9(2)17-16(22)18-10(13)8-19-6-4-12(20)14-11(19)5-7-24-14/h4-7,9H,3,8H2,1-2H3,(H2,17,18,22)/t9-/m0/s1. The van der Waals surface area contributed by atoms with Crippen molar-refractivity contribution in [1.29, 1.82) is 0 Å². The normalized spacial score (nSPS) is 17.6. The molecule has 0 aliphatic carbocycles. The van der Waals surface area contributed by atoms with Crippen molar-refractivity contribution in [3.8, 4) is 0 Å². The zero-order chi connectivity index (χ0) is 17.3. The van der Waals surface area contributed by atoms with Crippen molar-refractivity contribution in [2.24, 2.45) is 0 Å². The number of aromatic nitrogens is 1. The number of hydrogen-bond acceptors (Lipinski definition) is 5. The molecule has 7 nitrogen and oxygen atoms in total. The number of esters is 1. The highest BCUT2D eigenvalue weighted by molar-refractivity contribution is 7.17. The van der Waals surface area contributed by atoms with E-state index in [2.05, 4.69) is 10.6 Å². The molecule has 1 aliphatic rings. The maximum Gasteiger partial charge on any atom is 0.337 e. The third-order valence-corrected chi connectivity index (χ3v) is 4.70. The van der Waals surface area contributed by atoms with Gasteiger partial charge in [-0.1, -0.05) is 0 Å². The smallest absolute Gasteiger partial charge is 0.337 e. The van der Waals surface area contributed by atoms with Crippen LogP contribution in [0.2, 0.25) is 0 Å². The summed E-state index contributed by atoms with van der Waals surface area (Å²) in [5.74, 6) is -0.463. The van der Waals surface area contributed by atoms with Gasteiger partial charge in [-0.15, -0.1) is 11.3 Å². The van der Waals surface area contributed by atoms with Gasteiger partial charge in [0.15, 0.2) is 5.43 Å². The first-order valence-electron chi connectivity index (χ1n) is 7.55. The highest BCUT2D eigenvalue weighted by atomic mass is 32.1. The number of carbonyl (C=O) groups is 2. The number of thiophene rings is 1. The number of rotatable bonds is 4. The van der Waals surface area contributed by atoms with Gasteiger partial charge >= 0.3 is 12.0 Å². The van der Waals surface area contributed by atoms with E-state index in [9.17, 15) is 14.4 Å². The lowest BCUT2D eigenvalue weighted by Gasteiger charge is -2.27. The van der Waals surface area contributed by atoms with Crippen LogP contribution in [0.5, 0.6) is 0 Å². The molecule has 0 bridgehead atoms. The maximum atomic E-state index is 12.3. The minimum atomic E-state index is -0.463. The lowest BCUT2D eigenvalue weighted by Crippen LogP contribution is -2.49. The van der Waals surface area contributed by atoms with E-state index in [1.54, 1.807) is 20.0 Å². The van der Waals surface area contributed by atoms with Crippen molar-refractivity contribution in [3.63, 3.8) is 0 Å². The van der Waals surface area contributed by atoms with E-state index < -0.39 is 12.0 Å². The Balaban J connectivity index is 2.06. The molecule has 2 N–H and O–H groups in total. The van der Waals surface area contributed by atoms with Gasteiger partial charge in [0, 0.05) is 12.3 Å². The van der Waals surface area contributed by atoms with Crippen molar-refractivity contribution < 1.29 is 14.3 Å². The third kappa shape index (κ3) is 2.92. The van der Waals surface area contributed by atoms with Gasteiger partial charge in [0.25, 0.3) is 0 Å². The summed E-state index contributed by atoms with van der Waals surface area (Å²) in [5.41, 5.74) is 1.58. The number of nitrogens with zero attached hydrogens (tertiary/aromatic N) is 1. The number of urea groups is 1. The molecule has 0 saturated heterocycles. The molecule has 1 atom stereocenters. The minimum absolute atomic E-state index is 0.0430. The van der Waals surface area contributed by atoms with E-state index in [1.165, 1.54) is 17.4 Å². The Morgan fingerprint density at radius 2 is 2.17 bits per heavy atom. The molecule has 3 rings (SSSR count). The van der Waals surface area contributed by atoms with Gasteiger partial charge in [-0.3, -0.25) is 4.79 Å². The summed E-state index contributed by atoms with van der Waals surface area (Å²) in [6.45, 7) is 3.98. The zero-order valence-corrected chi connectivity index (χ0v) is 14.1. The van der Waals surface area contributed by atoms with E-state index in [0.29, 0.717) is 16.0 Å². The molecular formula is C16H17N3O4S. The largest absolute Gasteiger partial charge is 0.463 e. The van der Waals surface area contributed by atoms with Crippen LogP contribution in [0, 0.1) is 0 Å². The second kappa shape index (κ2) is 6.48. The topological polar surface area (TPSA) is 89.4 Å². The first kappa shape index (κ1) is 16.3. The van der Waals surface area contributed by atoms with E-state index in [4.69, 9.17) is 4.74 Å². The zero-order valence-electron chi connectivity index (χ0n) is 13.3. The number of allylic oxidation sites excluding steroid dienone is 1. The molecular weight excluding hydrogens is 330 g/mol. The van der Waals surface area contributed by atoms with Crippen LogP contribution >= 0.6 is 11.3 Å². The van der Waals surface area contributed by atoms with Crippen molar-refractivity contribution >= 4 is 33.6 Å². The second-order valence-corrected chi connectivity index (χ2v) is 6.29. The van der Waals surface area contributed by atoms with E-state index in [1.807, 2.05) is 16.0 Å². The minimum Gasteiger partial charge on any atom is -0.463 e. The molecule has 2 aromatic rings. The van der Waals surface area contributed by atoms with Gasteiger partial charge < -0.3 is 19.9 Å². The average Bonchev–Trinajstić information content (AvgIpc) is 3.00. The molecule has 2 amide bonds. The fourth-order valence-electron chi connectivity index (χ4n) is 2.74. The summed E-state index contributed by atoms with van der Waals surface area (Å²) in [5, 5.41) is 7.19. The van der Waals surface area contributed by atoms with Crippen LogP contribution in [0.15, 0.2) is 39.8 Å². The second-order valence-electron chi connectivity index (χ2n) is 5.38. The van der Waals surface area contributed by atoms with Crippen LogP contribution in [0.3, 0.4) is 0 Å². The highest BCUT2D eigenvalue weighted by Gasteiger charge is 2.29. The van der Waals surface area contributed by atoms with Crippen LogP contribution < -0.4 is 16.1 Å². The fourth-order valence-corrected chi connectivity index (χ4v) is 3.56. The molecule has 3 heterocycles. The van der Waals surface area contributed by atoms with Gasteiger partial charge in [-0.25, -0.2) is 9.59 Å². The molecule has 0 fully saturated rings. The number of hydrogen-bond donors (Lipinski definition) is 2. The van der Waals surface area contributed by atoms with Crippen LogP contribution in [0.1, 0.15) is 13.8 Å². The first-order chi connectivity index (χ1) is 11.5. The monoisotopic (exact) mass is 347 g/mol. The predicted molar refractivity (Wildman–Crippen MR) is 90.9 cm³/mol. The molecule has 0 aromatic carbocycles. The first-order valence-corrected chi connectivity index (χ1v) is 8.43. The Hall–Kier alpha value is -2.61. The summed E-state index contributed by atoms with van der Waals surface area (Å²) >= 11 is 1.37. The summed E-state index contributed by atoms with van der Waals surface area (Å²) in [4.78, 5) is 35.9. The Kier molecular flexibility index (Phi) is 4.39. The maximum absolute atomic E-state index is 12.3. The molecule has 0 saturated carbocycles. The van der Waals surface area contributed by atoms with Crippen LogP contribution in [0.25, 0.3) is 10.2 Å². The van der Waals surface area contributed by atoms with Crippen LogP contribution in [-0.4, -0.2) is 29.2 Å². The number of pyridine rings is 1. The van der Waals surface area contributed by atoms with Crippen molar-refractivity contribution in [2.75, 3.05) is 6.61 Å². The van der Waals surface area contributed by atoms with E-state index in [-0.39, 0.29) is 24.6 Å². The van der Waals surface area contributed by atoms with Gasteiger partial charge in [-0.05, 0) is 25.3 Å². The summed E-state index contributed by atoms with van der Waals surface area (Å²) < 4.78 is 7.58. The van der Waals surface area contributed by atoms with E-state index >= 15 is 0 Å². The third-order valence-electron chi connectivity index (χ3n) is 3.78. The average molecular weight is 347 g/mol. The van der Waals surface area contributed by atoms with Gasteiger partial charge in [0.05, 0.1) is 40.7 Å². The van der Waals surface area contributed by atoms with Gasteiger partial charge in [0.2, 0.25) is 0 Å². The molecule has 0 unspecified atom stereocenters. The van der Waals surface area contributed by atoms with E-state index in [0.717, 1.165) is 5.52 Å². The predicted octanol–water partition coefficient (Wildman–Crippen LogP) is 1.58. The molecule has 0 radical (unpaired) electrons. The molecule has 1 aliphatic heterocycles. The summed E-state index contributed by atoms with van der Waals surface area (Å²) in [7, 11) is 0. The molecule has 8 heteroatoms. The van der Waals surface area contributed by atoms with Gasteiger partial charge in [0.1, 0.15) is 0 Å². The Labute approximate surface area is 141 Å². The Bertz CT molecular complexity index is 896. The number of amides is 2. The highest BCUT2D eigenvalue weighted by Crippen LogP contribution is 2.20. The number of carbonyl (C=O) groups excluding carboxylic acids is 2. The van der Waals surface area contributed by atoms with Crippen molar-refractivity contribution in [3.05, 3.63) is 45.2 Å². The van der Waals surface area contributed by atoms with Crippen LogP contribution in [-0.2, 0) is 16.1 Å². The molecule has 24 heavy (non-hydrogen) atoms. The summed E-state index contributed by atoms with van der Waals surface area (Å²) in [6.07, 6.45) is 1.66. The van der Waals surface area contributed by atoms with Gasteiger partial charge in [-0.2, -0.15) is 0 Å². The Morgan fingerprint density at radius 1 is 1.38 bits per heavy atom. The lowest BCUT2D eigenvalue weighted by atomic mass is 10.0. The van der Waals surface area contributed by atoms with Crippen molar-refractivity contribution in [1.82, 2.24) is 15.2 Å². The quantitative estimate of drug-likeness (QED) is 0.822. The SMILES string of the molecule is CCOC(=O)C1=C(Cn2ccc(=O)c3sccc32)NC(=O)N[C@H]1C. The lowest BCUT2D eigenvalue weighted by molar-refractivity contribution is -0.139.